The average molecular weight is 281 g/mol. The molecule has 0 unspecified atom stereocenters. The van der Waals surface area contributed by atoms with E-state index in [0.29, 0.717) is 23.1 Å². The van der Waals surface area contributed by atoms with Crippen molar-refractivity contribution in [3.05, 3.63) is 47.4 Å². The summed E-state index contributed by atoms with van der Waals surface area (Å²) in [7, 11) is 0. The fraction of sp³-hybridized carbons (Fsp3) is 0.125. The Bertz CT molecular complexity index is 769. The number of halogens is 1. The van der Waals surface area contributed by atoms with E-state index in [1.165, 1.54) is 18.3 Å². The highest BCUT2D eigenvalue weighted by Gasteiger charge is 2.10. The van der Waals surface area contributed by atoms with E-state index in [9.17, 15) is 4.39 Å². The minimum atomic E-state index is -0.573. The number of aromatic nitrogens is 1. The van der Waals surface area contributed by atoms with Crippen LogP contribution in [-0.2, 0) is 0 Å². The number of pyridine rings is 1. The molecule has 21 heavy (non-hydrogen) atoms. The van der Waals surface area contributed by atoms with Gasteiger partial charge in [0.25, 0.3) is 0 Å². The maximum atomic E-state index is 13.4. The zero-order valence-electron chi connectivity index (χ0n) is 11.1. The maximum Gasteiger partial charge on any atom is 0.140 e. The molecule has 1 aromatic carbocycles. The highest BCUT2D eigenvalue weighted by atomic mass is 19.1. The van der Waals surface area contributed by atoms with Crippen molar-refractivity contribution in [2.45, 2.75) is 6.42 Å². The molecule has 2 aromatic rings. The van der Waals surface area contributed by atoms with Gasteiger partial charge in [0.2, 0.25) is 0 Å². The van der Waals surface area contributed by atoms with Gasteiger partial charge in [-0.05, 0) is 23.8 Å². The van der Waals surface area contributed by atoms with Crippen molar-refractivity contribution in [2.24, 2.45) is 0 Å². The van der Waals surface area contributed by atoms with E-state index in [1.54, 1.807) is 18.2 Å². The van der Waals surface area contributed by atoms with E-state index in [1.807, 2.05) is 0 Å². The Hall–Kier alpha value is -2.89. The largest absolute Gasteiger partial charge is 0.395 e. The summed E-state index contributed by atoms with van der Waals surface area (Å²) in [5.74, 6) is 5.32. The van der Waals surface area contributed by atoms with Crippen molar-refractivity contribution in [1.82, 2.24) is 4.98 Å². The predicted octanol–water partition coefficient (Wildman–Crippen LogP) is 2.08. The van der Waals surface area contributed by atoms with Crippen molar-refractivity contribution in [3.8, 4) is 29.0 Å². The summed E-state index contributed by atoms with van der Waals surface area (Å²) in [4.78, 5) is 3.98. The number of nitrogens with zero attached hydrogens (tertiary/aromatic N) is 2. The van der Waals surface area contributed by atoms with Crippen molar-refractivity contribution < 1.29 is 9.50 Å². The van der Waals surface area contributed by atoms with Gasteiger partial charge in [-0.25, -0.2) is 9.37 Å². The number of hydrogen-bond acceptors (Lipinski definition) is 4. The summed E-state index contributed by atoms with van der Waals surface area (Å²) in [6.45, 7) is -0.0440. The second-order valence-electron chi connectivity index (χ2n) is 4.20. The van der Waals surface area contributed by atoms with Gasteiger partial charge in [0.05, 0.1) is 17.7 Å². The molecule has 4 nitrogen and oxygen atoms in total. The Morgan fingerprint density at radius 1 is 1.33 bits per heavy atom. The van der Waals surface area contributed by atoms with Gasteiger partial charge < -0.3 is 10.8 Å². The lowest BCUT2D eigenvalue weighted by Gasteiger charge is -2.07. The topological polar surface area (TPSA) is 82.9 Å². The first-order valence-electron chi connectivity index (χ1n) is 6.21. The molecule has 5 heteroatoms. The van der Waals surface area contributed by atoms with Crippen molar-refractivity contribution >= 4 is 5.82 Å². The van der Waals surface area contributed by atoms with Crippen LogP contribution < -0.4 is 5.73 Å². The molecule has 1 heterocycles. The summed E-state index contributed by atoms with van der Waals surface area (Å²) < 4.78 is 13.4. The molecule has 1 aromatic heterocycles. The summed E-state index contributed by atoms with van der Waals surface area (Å²) in [6.07, 6.45) is 1.85. The van der Waals surface area contributed by atoms with Crippen LogP contribution in [0.2, 0.25) is 0 Å². The summed E-state index contributed by atoms with van der Waals surface area (Å²) in [5, 5.41) is 17.7. The number of hydrogen-bond donors (Lipinski definition) is 2. The molecule has 0 spiro atoms. The Kier molecular flexibility index (Phi) is 4.50. The Balaban J connectivity index is 2.57. The quantitative estimate of drug-likeness (QED) is 0.825. The molecular weight excluding hydrogens is 269 g/mol. The summed E-state index contributed by atoms with van der Waals surface area (Å²) in [5.41, 5.74) is 7.59. The van der Waals surface area contributed by atoms with Crippen LogP contribution in [-0.4, -0.2) is 16.7 Å². The van der Waals surface area contributed by atoms with Crippen molar-refractivity contribution in [3.63, 3.8) is 0 Å². The van der Waals surface area contributed by atoms with Gasteiger partial charge in [-0.3, -0.25) is 0 Å². The number of anilines is 1. The third-order valence-electron chi connectivity index (χ3n) is 2.83. The number of rotatable bonds is 2. The third-order valence-corrected chi connectivity index (χ3v) is 2.83. The monoisotopic (exact) mass is 281 g/mol. The zero-order valence-corrected chi connectivity index (χ0v) is 11.1. The van der Waals surface area contributed by atoms with Crippen LogP contribution in [0.15, 0.2) is 30.5 Å². The molecule has 0 atom stereocenters. The highest BCUT2D eigenvalue weighted by Crippen LogP contribution is 2.27. The molecule has 0 aliphatic heterocycles. The summed E-state index contributed by atoms with van der Waals surface area (Å²) in [6, 6.07) is 7.74. The number of nitrogens with two attached hydrogens (primary N) is 1. The van der Waals surface area contributed by atoms with Crippen LogP contribution in [0.4, 0.5) is 10.2 Å². The fourth-order valence-corrected chi connectivity index (χ4v) is 1.84. The van der Waals surface area contributed by atoms with Crippen LogP contribution in [0.5, 0.6) is 0 Å². The number of nitriles is 1. The fourth-order valence-electron chi connectivity index (χ4n) is 1.84. The minimum absolute atomic E-state index is 0.0440. The first kappa shape index (κ1) is 14.5. The zero-order chi connectivity index (χ0) is 15.2. The minimum Gasteiger partial charge on any atom is -0.395 e. The van der Waals surface area contributed by atoms with Crippen LogP contribution in [0.1, 0.15) is 17.5 Å². The SMILES string of the molecule is N#Cc1cc(-c2ccnc(N)c2C#CCCO)ccc1F. The molecule has 104 valence electrons. The van der Waals surface area contributed by atoms with Gasteiger partial charge in [0.1, 0.15) is 17.7 Å². The molecule has 0 saturated heterocycles. The molecule has 2 rings (SSSR count). The predicted molar refractivity (Wildman–Crippen MR) is 77.3 cm³/mol. The lowest BCUT2D eigenvalue weighted by molar-refractivity contribution is 0.305. The molecule has 0 bridgehead atoms. The summed E-state index contributed by atoms with van der Waals surface area (Å²) >= 11 is 0. The van der Waals surface area contributed by atoms with E-state index in [2.05, 4.69) is 16.8 Å². The van der Waals surface area contributed by atoms with Crippen LogP contribution >= 0.6 is 0 Å². The molecule has 3 N–H and O–H groups in total. The third kappa shape index (κ3) is 3.17. The van der Waals surface area contributed by atoms with Gasteiger partial charge in [0.15, 0.2) is 0 Å². The normalized spacial score (nSPS) is 9.57. The van der Waals surface area contributed by atoms with Crippen LogP contribution in [0, 0.1) is 29.0 Å². The van der Waals surface area contributed by atoms with E-state index in [-0.39, 0.29) is 18.0 Å². The number of benzene rings is 1. The van der Waals surface area contributed by atoms with Gasteiger partial charge in [0, 0.05) is 18.2 Å². The molecular formula is C16H12FN3O. The van der Waals surface area contributed by atoms with Crippen molar-refractivity contribution in [1.29, 1.82) is 5.26 Å². The van der Waals surface area contributed by atoms with Gasteiger partial charge in [-0.2, -0.15) is 5.26 Å². The van der Waals surface area contributed by atoms with Gasteiger partial charge in [-0.1, -0.05) is 17.9 Å². The molecule has 0 saturated carbocycles. The molecule has 0 fully saturated rings. The van der Waals surface area contributed by atoms with E-state index in [0.717, 1.165) is 0 Å². The number of aliphatic hydroxyl groups excluding tert-OH is 1. The second-order valence-corrected chi connectivity index (χ2v) is 4.20. The second kappa shape index (κ2) is 6.51. The molecule has 0 aliphatic rings. The van der Waals surface area contributed by atoms with Crippen LogP contribution in [0.25, 0.3) is 11.1 Å². The van der Waals surface area contributed by atoms with E-state index < -0.39 is 5.82 Å². The standard InChI is InChI=1S/C16H12FN3O/c17-15-5-4-11(9-12(15)10-18)13-6-7-20-16(19)14(13)3-1-2-8-21/h4-7,9,21H,2,8H2,(H2,19,20). The molecule has 0 radical (unpaired) electrons. The number of nitrogen functional groups attached to an aromatic ring is 1. The smallest absolute Gasteiger partial charge is 0.140 e. The maximum absolute atomic E-state index is 13.4. The molecule has 0 amide bonds. The van der Waals surface area contributed by atoms with E-state index in [4.69, 9.17) is 16.1 Å². The van der Waals surface area contributed by atoms with Crippen molar-refractivity contribution in [2.75, 3.05) is 12.3 Å². The molecule has 0 aliphatic carbocycles. The Labute approximate surface area is 121 Å². The van der Waals surface area contributed by atoms with Gasteiger partial charge >= 0.3 is 0 Å². The Morgan fingerprint density at radius 3 is 2.86 bits per heavy atom. The first-order valence-corrected chi connectivity index (χ1v) is 6.21. The van der Waals surface area contributed by atoms with Gasteiger partial charge in [-0.15, -0.1) is 0 Å². The van der Waals surface area contributed by atoms with E-state index >= 15 is 0 Å². The first-order chi connectivity index (χ1) is 10.2. The average Bonchev–Trinajstić information content (AvgIpc) is 2.49. The number of aliphatic hydroxyl groups is 1. The highest BCUT2D eigenvalue weighted by molar-refractivity contribution is 5.76. The lowest BCUT2D eigenvalue weighted by Crippen LogP contribution is -1.97. The van der Waals surface area contributed by atoms with Crippen LogP contribution in [0.3, 0.4) is 0 Å². The lowest BCUT2D eigenvalue weighted by atomic mass is 9.99. The Morgan fingerprint density at radius 2 is 2.14 bits per heavy atom.